The molecule has 1 amide bonds. The fourth-order valence-corrected chi connectivity index (χ4v) is 1.64. The molecule has 5 heteroatoms. The van der Waals surface area contributed by atoms with Gasteiger partial charge in [0.15, 0.2) is 0 Å². The zero-order valence-electron chi connectivity index (χ0n) is 8.88. The van der Waals surface area contributed by atoms with Crippen LogP contribution in [0.2, 0.25) is 0 Å². The first-order valence-electron chi connectivity index (χ1n) is 4.52. The minimum Gasteiger partial charge on any atom is -0.355 e. The van der Waals surface area contributed by atoms with Gasteiger partial charge in [-0.15, -0.1) is 11.8 Å². The van der Waals surface area contributed by atoms with Gasteiger partial charge >= 0.3 is 0 Å². The van der Waals surface area contributed by atoms with Crippen LogP contribution >= 0.6 is 11.8 Å². The molecule has 86 valence electrons. The first kappa shape index (κ1) is 12.7. The van der Waals surface area contributed by atoms with Crippen molar-refractivity contribution in [2.45, 2.75) is 0 Å². The molecule has 0 atom stereocenters. The zero-order chi connectivity index (χ0) is 12.1. The van der Waals surface area contributed by atoms with Crippen molar-refractivity contribution in [3.05, 3.63) is 40.3 Å². The molecule has 1 aromatic carbocycles. The van der Waals surface area contributed by atoms with Crippen molar-refractivity contribution in [1.29, 1.82) is 0 Å². The molecule has 0 saturated carbocycles. The van der Waals surface area contributed by atoms with Crippen LogP contribution in [0.1, 0.15) is 5.56 Å². The number of nitrogens with one attached hydrogen (secondary N) is 1. The van der Waals surface area contributed by atoms with Gasteiger partial charge in [-0.3, -0.25) is 4.79 Å². The molecule has 0 aliphatic heterocycles. The Morgan fingerprint density at radius 1 is 1.38 bits per heavy atom. The maximum absolute atomic E-state index is 13.3. The predicted octanol–water partition coefficient (Wildman–Crippen LogP) is 2.41. The third-order valence-electron chi connectivity index (χ3n) is 1.95. The van der Waals surface area contributed by atoms with Crippen LogP contribution in [0, 0.1) is 11.6 Å². The standard InChI is InChI=1S/C11H11F2NOS/c1-14-11(15)10(16-2)6-7-8(12)4-3-5-9(7)13/h3-6H,1-2H3,(H,14,15)/b10-6-. The van der Waals surface area contributed by atoms with E-state index in [1.54, 1.807) is 6.26 Å². The normalized spacial score (nSPS) is 11.4. The van der Waals surface area contributed by atoms with Gasteiger partial charge < -0.3 is 5.32 Å². The summed E-state index contributed by atoms with van der Waals surface area (Å²) in [6.45, 7) is 0. The molecule has 0 aliphatic carbocycles. The van der Waals surface area contributed by atoms with Gasteiger partial charge in [0.25, 0.3) is 5.91 Å². The average molecular weight is 243 g/mol. The Hall–Kier alpha value is -1.36. The highest BCUT2D eigenvalue weighted by atomic mass is 32.2. The molecule has 16 heavy (non-hydrogen) atoms. The Morgan fingerprint density at radius 2 is 1.94 bits per heavy atom. The third-order valence-corrected chi connectivity index (χ3v) is 2.69. The summed E-state index contributed by atoms with van der Waals surface area (Å²) in [6.07, 6.45) is 2.87. The quantitative estimate of drug-likeness (QED) is 0.826. The first-order valence-corrected chi connectivity index (χ1v) is 5.74. The van der Waals surface area contributed by atoms with Crippen molar-refractivity contribution in [2.24, 2.45) is 0 Å². The molecule has 0 aliphatic rings. The fraction of sp³-hybridized carbons (Fsp3) is 0.182. The van der Waals surface area contributed by atoms with Gasteiger partial charge in [0.1, 0.15) is 11.6 Å². The van der Waals surface area contributed by atoms with E-state index < -0.39 is 11.6 Å². The third kappa shape index (κ3) is 2.82. The minimum atomic E-state index is -0.685. The number of thioether (sulfide) groups is 1. The summed E-state index contributed by atoms with van der Waals surface area (Å²) in [5.74, 6) is -1.74. The van der Waals surface area contributed by atoms with Gasteiger partial charge in [-0.05, 0) is 24.5 Å². The number of carbonyl (C=O) groups excluding carboxylic acids is 1. The lowest BCUT2D eigenvalue weighted by Gasteiger charge is -2.04. The van der Waals surface area contributed by atoms with E-state index in [1.807, 2.05) is 0 Å². The summed E-state index contributed by atoms with van der Waals surface area (Å²) in [6, 6.07) is 3.58. The summed E-state index contributed by atoms with van der Waals surface area (Å²) in [4.78, 5) is 11.6. The van der Waals surface area contributed by atoms with Crippen LogP contribution in [-0.4, -0.2) is 19.2 Å². The summed E-state index contributed by atoms with van der Waals surface area (Å²) in [5, 5.41) is 2.40. The maximum Gasteiger partial charge on any atom is 0.257 e. The van der Waals surface area contributed by atoms with E-state index in [0.29, 0.717) is 0 Å². The van der Waals surface area contributed by atoms with Crippen LogP contribution in [0.4, 0.5) is 8.78 Å². The molecule has 0 aromatic heterocycles. The van der Waals surface area contributed by atoms with Gasteiger partial charge in [0.05, 0.1) is 4.91 Å². The van der Waals surface area contributed by atoms with E-state index in [0.717, 1.165) is 23.9 Å². The van der Waals surface area contributed by atoms with E-state index in [9.17, 15) is 13.6 Å². The number of likely N-dealkylation sites (N-methyl/N-ethyl adjacent to an activating group) is 1. The Labute approximate surface area is 96.7 Å². The van der Waals surface area contributed by atoms with Gasteiger partial charge in [-0.25, -0.2) is 8.78 Å². The molecular formula is C11H11F2NOS. The topological polar surface area (TPSA) is 29.1 Å². The molecule has 0 radical (unpaired) electrons. The number of rotatable bonds is 3. The molecule has 1 aromatic rings. The van der Waals surface area contributed by atoms with E-state index in [2.05, 4.69) is 5.32 Å². The van der Waals surface area contributed by atoms with Gasteiger partial charge in [0.2, 0.25) is 0 Å². The maximum atomic E-state index is 13.3. The molecule has 1 N–H and O–H groups in total. The number of hydrogen-bond acceptors (Lipinski definition) is 2. The lowest BCUT2D eigenvalue weighted by molar-refractivity contribution is -0.116. The number of amides is 1. The molecule has 2 nitrogen and oxygen atoms in total. The first-order chi connectivity index (χ1) is 7.60. The second-order valence-electron chi connectivity index (χ2n) is 2.93. The van der Waals surface area contributed by atoms with Crippen LogP contribution in [0.15, 0.2) is 23.1 Å². The lowest BCUT2D eigenvalue weighted by atomic mass is 10.2. The van der Waals surface area contributed by atoms with Crippen molar-refractivity contribution in [1.82, 2.24) is 5.32 Å². The zero-order valence-corrected chi connectivity index (χ0v) is 9.70. The molecule has 0 fully saturated rings. The Bertz CT molecular complexity index is 412. The van der Waals surface area contributed by atoms with Crippen molar-refractivity contribution in [3.8, 4) is 0 Å². The van der Waals surface area contributed by atoms with Crippen molar-refractivity contribution in [3.63, 3.8) is 0 Å². The smallest absolute Gasteiger partial charge is 0.257 e. The second kappa shape index (κ2) is 5.65. The van der Waals surface area contributed by atoms with Crippen LogP contribution in [0.3, 0.4) is 0 Å². The molecule has 1 rings (SSSR count). The van der Waals surface area contributed by atoms with Crippen molar-refractivity contribution in [2.75, 3.05) is 13.3 Å². The number of hydrogen-bond donors (Lipinski definition) is 1. The number of benzene rings is 1. The summed E-state index contributed by atoms with van der Waals surface area (Å²) >= 11 is 1.13. The molecule has 0 heterocycles. The summed E-state index contributed by atoms with van der Waals surface area (Å²) in [5.41, 5.74) is -0.199. The van der Waals surface area contributed by atoms with E-state index in [1.165, 1.54) is 19.2 Å². The highest BCUT2D eigenvalue weighted by molar-refractivity contribution is 8.03. The second-order valence-corrected chi connectivity index (χ2v) is 3.78. The fourth-order valence-electron chi connectivity index (χ4n) is 1.12. The van der Waals surface area contributed by atoms with E-state index in [4.69, 9.17) is 0 Å². The van der Waals surface area contributed by atoms with E-state index >= 15 is 0 Å². The van der Waals surface area contributed by atoms with Crippen LogP contribution in [0.5, 0.6) is 0 Å². The average Bonchev–Trinajstić information content (AvgIpc) is 2.28. The summed E-state index contributed by atoms with van der Waals surface area (Å²) in [7, 11) is 1.46. The van der Waals surface area contributed by atoms with Crippen molar-refractivity contribution >= 4 is 23.7 Å². The van der Waals surface area contributed by atoms with Crippen LogP contribution < -0.4 is 5.32 Å². The minimum absolute atomic E-state index is 0.199. The highest BCUT2D eigenvalue weighted by Gasteiger charge is 2.10. The SMILES string of the molecule is CNC(=O)/C(=C/c1c(F)cccc1F)SC. The molecule has 0 saturated heterocycles. The lowest BCUT2D eigenvalue weighted by Crippen LogP contribution is -2.18. The Kier molecular flexibility index (Phi) is 4.49. The van der Waals surface area contributed by atoms with Gasteiger partial charge in [-0.2, -0.15) is 0 Å². The largest absolute Gasteiger partial charge is 0.355 e. The molecule has 0 spiro atoms. The highest BCUT2D eigenvalue weighted by Crippen LogP contribution is 2.20. The monoisotopic (exact) mass is 243 g/mol. The van der Waals surface area contributed by atoms with Crippen molar-refractivity contribution < 1.29 is 13.6 Å². The molecular weight excluding hydrogens is 232 g/mol. The molecule has 0 unspecified atom stereocenters. The summed E-state index contributed by atoms with van der Waals surface area (Å²) < 4.78 is 26.6. The number of carbonyl (C=O) groups is 1. The van der Waals surface area contributed by atoms with E-state index in [-0.39, 0.29) is 16.4 Å². The Balaban J connectivity index is 3.18. The Morgan fingerprint density at radius 3 is 2.38 bits per heavy atom. The van der Waals surface area contributed by atoms with Crippen LogP contribution in [0.25, 0.3) is 6.08 Å². The number of halogens is 2. The van der Waals surface area contributed by atoms with Gasteiger partial charge in [-0.1, -0.05) is 6.07 Å². The van der Waals surface area contributed by atoms with Gasteiger partial charge in [0, 0.05) is 12.6 Å². The van der Waals surface area contributed by atoms with Crippen LogP contribution in [-0.2, 0) is 4.79 Å². The molecule has 0 bridgehead atoms. The predicted molar refractivity (Wildman–Crippen MR) is 61.9 cm³/mol.